The van der Waals surface area contributed by atoms with Gasteiger partial charge >= 0.3 is 0 Å². The first-order valence-corrected chi connectivity index (χ1v) is 24.5. The van der Waals surface area contributed by atoms with E-state index in [9.17, 15) is 33.9 Å². The quantitative estimate of drug-likeness (QED) is 0.173. The van der Waals surface area contributed by atoms with Gasteiger partial charge in [-0.1, -0.05) is 13.8 Å². The molecule has 71 heavy (non-hydrogen) atoms. The number of amides is 5. The van der Waals surface area contributed by atoms with Crippen molar-refractivity contribution in [2.45, 2.75) is 104 Å². The number of piperazine rings is 1. The third-order valence-corrected chi connectivity index (χ3v) is 15.5. The van der Waals surface area contributed by atoms with Crippen LogP contribution in [0.2, 0.25) is 0 Å². The van der Waals surface area contributed by atoms with E-state index in [0.717, 1.165) is 68.1 Å². The molecule has 1 aromatic carbocycles. The molecule has 3 N–H and O–H groups in total. The lowest BCUT2D eigenvalue weighted by atomic mass is 9.90. The van der Waals surface area contributed by atoms with Crippen LogP contribution in [0.5, 0.6) is 0 Å². The van der Waals surface area contributed by atoms with E-state index in [1.165, 1.54) is 29.7 Å². The highest BCUT2D eigenvalue weighted by Gasteiger charge is 2.45. The fourth-order valence-corrected chi connectivity index (χ4v) is 12.0. The molecule has 11 rings (SSSR count). The van der Waals surface area contributed by atoms with Gasteiger partial charge in [0.2, 0.25) is 11.8 Å². The molecule has 5 amide bonds. The van der Waals surface area contributed by atoms with Crippen LogP contribution in [0.15, 0.2) is 71.9 Å². The average molecular weight is 965 g/mol. The fourth-order valence-electron chi connectivity index (χ4n) is 12.0. The molecular weight excluding hydrogens is 903 g/mol. The number of nitrogens with one attached hydrogen (secondary N) is 2. The number of anilines is 5. The van der Waals surface area contributed by atoms with Gasteiger partial charge in [0.05, 0.1) is 29.6 Å². The van der Waals surface area contributed by atoms with Gasteiger partial charge < -0.3 is 29.4 Å². The van der Waals surface area contributed by atoms with Crippen molar-refractivity contribution in [3.63, 3.8) is 0 Å². The highest BCUT2D eigenvalue weighted by molar-refractivity contribution is 6.23. The SMILES string of the molecule is [2H]C([2H])([2H])n1cc(-c2ccnc(N3CCn4c(cc5c4CC(C)(C)C5)C3=O)c2CO)cc(Nc2ccc(N3CCN([C@H]4CCN(c5ccc6c(c5)C(=O)N([C@H]5CCC(=O)NC5=O)C6=O)[C@@H](C)C4)C[C@@H]3C)cn2)c1=O. The molecule has 4 aromatic heterocycles. The van der Waals surface area contributed by atoms with Crippen molar-refractivity contribution in [2.75, 3.05) is 52.7 Å². The van der Waals surface area contributed by atoms with Crippen LogP contribution in [0, 0.1) is 5.41 Å². The highest BCUT2D eigenvalue weighted by Crippen LogP contribution is 2.41. The summed E-state index contributed by atoms with van der Waals surface area (Å²) in [6.45, 7) is 9.49. The number of aryl methyl sites for hydroxylation is 1. The van der Waals surface area contributed by atoms with Crippen LogP contribution in [0.3, 0.4) is 0 Å². The Morgan fingerprint density at radius 1 is 0.831 bits per heavy atom. The molecular formula is C53H59N11O7. The van der Waals surface area contributed by atoms with Crippen LogP contribution >= 0.6 is 0 Å². The molecule has 0 spiro atoms. The van der Waals surface area contributed by atoms with Crippen molar-refractivity contribution in [1.82, 2.24) is 34.2 Å². The zero-order chi connectivity index (χ0) is 52.1. The number of hydrogen-bond donors (Lipinski definition) is 3. The van der Waals surface area contributed by atoms with E-state index < -0.39 is 48.8 Å². The zero-order valence-corrected chi connectivity index (χ0v) is 40.3. The number of carbonyl (C=O) groups excluding carboxylic acids is 5. The van der Waals surface area contributed by atoms with Crippen molar-refractivity contribution in [3.05, 3.63) is 111 Å². The van der Waals surface area contributed by atoms with Gasteiger partial charge in [0, 0.05) is 110 Å². The highest BCUT2D eigenvalue weighted by atomic mass is 16.3. The number of hydrogen-bond acceptors (Lipinski definition) is 13. The van der Waals surface area contributed by atoms with Gasteiger partial charge in [-0.25, -0.2) is 9.97 Å². The van der Waals surface area contributed by atoms with E-state index in [0.29, 0.717) is 51.9 Å². The Kier molecular flexibility index (Phi) is 10.6. The van der Waals surface area contributed by atoms with Crippen molar-refractivity contribution in [1.29, 1.82) is 0 Å². The predicted octanol–water partition coefficient (Wildman–Crippen LogP) is 4.63. The second-order valence-corrected chi connectivity index (χ2v) is 20.7. The molecule has 9 heterocycles. The van der Waals surface area contributed by atoms with Crippen LogP contribution in [-0.4, -0.2) is 120 Å². The minimum Gasteiger partial charge on any atom is -0.392 e. The molecule has 1 aliphatic carbocycles. The molecule has 0 bridgehead atoms. The van der Waals surface area contributed by atoms with Gasteiger partial charge in [-0.2, -0.15) is 0 Å². The lowest BCUT2D eigenvalue weighted by molar-refractivity contribution is -0.136. The number of piperidine rings is 2. The predicted molar refractivity (Wildman–Crippen MR) is 267 cm³/mol. The Bertz CT molecular complexity index is 3220. The molecule has 6 aliphatic rings. The standard InChI is InChI=1S/C53H59N11O7/c1-30-20-34(13-15-60(30)35-6-8-38-39(23-35)50(69)64(49(38)68)42-9-11-46(66)57-48(42)67)59-16-17-61(31(2)27-59)36-7-10-45(55-26-36)56-41-21-33(28-58(5)51(41)70)37-12-14-54-47(40(37)29-65)63-19-18-62-43(52(63)71)22-32-24-53(3,4)25-44(32)62/h6-8,10,12,14,21-23,26,28,30-31,34,42,65H,9,11,13,15-20,24-25,27,29H2,1-5H3,(H,55,56)(H,57,66,67)/t30-,31-,34-,42-/m0/s1/i5D3. The van der Waals surface area contributed by atoms with E-state index in [4.69, 9.17) is 4.11 Å². The summed E-state index contributed by atoms with van der Waals surface area (Å²) in [5.41, 5.74) is 5.58. The summed E-state index contributed by atoms with van der Waals surface area (Å²) >= 11 is 0. The first-order valence-electron chi connectivity index (χ1n) is 26.0. The number of pyridine rings is 3. The van der Waals surface area contributed by atoms with Gasteiger partial charge in [0.25, 0.3) is 23.3 Å². The molecule has 18 heteroatoms. The summed E-state index contributed by atoms with van der Waals surface area (Å²) in [4.78, 5) is 98.0. The van der Waals surface area contributed by atoms with Gasteiger partial charge in [0.15, 0.2) is 0 Å². The van der Waals surface area contributed by atoms with E-state index in [1.54, 1.807) is 35.4 Å². The summed E-state index contributed by atoms with van der Waals surface area (Å²) in [6, 6.07) is 13.7. The maximum Gasteiger partial charge on any atom is 0.276 e. The maximum absolute atomic E-state index is 14.1. The number of aliphatic hydroxyl groups excluding tert-OH is 1. The molecule has 3 fully saturated rings. The molecule has 3 saturated heterocycles. The summed E-state index contributed by atoms with van der Waals surface area (Å²) in [5, 5.41) is 16.2. The van der Waals surface area contributed by atoms with E-state index in [1.807, 2.05) is 18.2 Å². The summed E-state index contributed by atoms with van der Waals surface area (Å²) in [6.07, 6.45) is 8.23. The normalized spacial score (nSPS) is 24.1. The topological polar surface area (TPSA) is 199 Å². The van der Waals surface area contributed by atoms with Gasteiger partial charge in [0.1, 0.15) is 29.1 Å². The smallest absolute Gasteiger partial charge is 0.276 e. The maximum atomic E-state index is 14.1. The number of fused-ring (bicyclic) bond motifs is 4. The first kappa shape index (κ1) is 42.7. The Hall–Kier alpha value is -7.18. The third-order valence-electron chi connectivity index (χ3n) is 15.5. The Morgan fingerprint density at radius 2 is 1.63 bits per heavy atom. The number of nitrogens with zero attached hydrogens (tertiary/aromatic N) is 9. The van der Waals surface area contributed by atoms with Crippen LogP contribution in [0.1, 0.15) is 106 Å². The second-order valence-electron chi connectivity index (χ2n) is 20.7. The van der Waals surface area contributed by atoms with Gasteiger partial charge in [-0.3, -0.25) is 48.8 Å². The summed E-state index contributed by atoms with van der Waals surface area (Å²) in [7, 11) is 0. The zero-order valence-electron chi connectivity index (χ0n) is 43.3. The molecule has 0 saturated carbocycles. The van der Waals surface area contributed by atoms with Crippen LogP contribution in [0.4, 0.5) is 28.7 Å². The summed E-state index contributed by atoms with van der Waals surface area (Å²) in [5.74, 6) is -1.72. The van der Waals surface area contributed by atoms with Crippen molar-refractivity contribution < 1.29 is 33.2 Å². The molecule has 0 radical (unpaired) electrons. The van der Waals surface area contributed by atoms with Gasteiger partial charge in [-0.15, -0.1) is 0 Å². The van der Waals surface area contributed by atoms with E-state index in [2.05, 4.69) is 67.6 Å². The lowest BCUT2D eigenvalue weighted by Crippen LogP contribution is -2.58. The average Bonchev–Trinajstić information content (AvgIpc) is 3.95. The molecule has 18 nitrogen and oxygen atoms in total. The van der Waals surface area contributed by atoms with E-state index >= 15 is 0 Å². The van der Waals surface area contributed by atoms with Crippen LogP contribution in [-0.2, 0) is 42.6 Å². The molecule has 5 aliphatic heterocycles. The number of imide groups is 2. The van der Waals surface area contributed by atoms with Crippen LogP contribution < -0.4 is 30.9 Å². The molecule has 4 atom stereocenters. The number of benzene rings is 1. The van der Waals surface area contributed by atoms with Crippen molar-refractivity contribution in [2.24, 2.45) is 12.4 Å². The second kappa shape index (κ2) is 17.6. The Balaban J connectivity index is 0.751. The van der Waals surface area contributed by atoms with Gasteiger partial charge in [-0.05, 0) is 111 Å². The number of aromatic nitrogens is 4. The number of aliphatic hydroxyl groups is 1. The van der Waals surface area contributed by atoms with Crippen molar-refractivity contribution >= 4 is 58.2 Å². The molecule has 0 unspecified atom stereocenters. The summed E-state index contributed by atoms with van der Waals surface area (Å²) < 4.78 is 27.6. The fraction of sp³-hybridized carbons (Fsp3) is 0.434. The minimum atomic E-state index is -2.84. The Labute approximate surface area is 415 Å². The number of rotatable bonds is 9. The lowest BCUT2D eigenvalue weighted by Gasteiger charge is -2.48. The largest absolute Gasteiger partial charge is 0.392 e. The molecule has 368 valence electrons. The Morgan fingerprint density at radius 3 is 2.38 bits per heavy atom. The number of carbonyl (C=O) groups is 5. The molecule has 5 aromatic rings. The van der Waals surface area contributed by atoms with E-state index in [-0.39, 0.29) is 58.9 Å². The monoisotopic (exact) mass is 964 g/mol. The van der Waals surface area contributed by atoms with Crippen LogP contribution in [0.25, 0.3) is 11.1 Å². The third kappa shape index (κ3) is 8.06. The first-order chi connectivity index (χ1) is 35.3. The van der Waals surface area contributed by atoms with Crippen molar-refractivity contribution in [3.8, 4) is 11.1 Å². The minimum absolute atomic E-state index is 0.0381.